The molecule has 0 aliphatic heterocycles. The third kappa shape index (κ3) is 4.85. The summed E-state index contributed by atoms with van der Waals surface area (Å²) in [7, 11) is 0. The van der Waals surface area contributed by atoms with Crippen LogP contribution < -0.4 is 15.4 Å². The van der Waals surface area contributed by atoms with Gasteiger partial charge in [-0.3, -0.25) is 4.98 Å². The standard InChI is InChI=1S/C15H17N3OS/c1-12(11-19-14-7-3-2-4-8-14)17-15(20)18-13-6-5-9-16-10-13/h2-10,12H,11H2,1H3,(H2,17,18,20). The molecule has 0 aliphatic carbocycles. The van der Waals surface area contributed by atoms with Crippen molar-refractivity contribution in [2.75, 3.05) is 11.9 Å². The van der Waals surface area contributed by atoms with Crippen molar-refractivity contribution in [3.05, 3.63) is 54.9 Å². The van der Waals surface area contributed by atoms with Crippen molar-refractivity contribution < 1.29 is 4.74 Å². The van der Waals surface area contributed by atoms with Crippen LogP contribution in [0, 0.1) is 0 Å². The van der Waals surface area contributed by atoms with Crippen molar-refractivity contribution in [2.24, 2.45) is 0 Å². The molecule has 1 aromatic carbocycles. The molecule has 0 bridgehead atoms. The summed E-state index contributed by atoms with van der Waals surface area (Å²) in [4.78, 5) is 4.02. The molecule has 0 radical (unpaired) electrons. The number of nitrogens with one attached hydrogen (secondary N) is 2. The zero-order chi connectivity index (χ0) is 14.2. The average Bonchev–Trinajstić information content (AvgIpc) is 2.47. The summed E-state index contributed by atoms with van der Waals surface area (Å²) >= 11 is 5.24. The van der Waals surface area contributed by atoms with Gasteiger partial charge in [0.1, 0.15) is 12.4 Å². The minimum Gasteiger partial charge on any atom is -0.491 e. The van der Waals surface area contributed by atoms with Gasteiger partial charge in [-0.1, -0.05) is 18.2 Å². The molecule has 0 saturated heterocycles. The fourth-order valence-corrected chi connectivity index (χ4v) is 1.93. The van der Waals surface area contributed by atoms with Gasteiger partial charge in [-0.15, -0.1) is 0 Å². The predicted octanol–water partition coefficient (Wildman–Crippen LogP) is 2.84. The van der Waals surface area contributed by atoms with E-state index < -0.39 is 0 Å². The minimum absolute atomic E-state index is 0.104. The Hall–Kier alpha value is -2.14. The Morgan fingerprint density at radius 2 is 2.05 bits per heavy atom. The van der Waals surface area contributed by atoms with E-state index in [1.807, 2.05) is 49.4 Å². The van der Waals surface area contributed by atoms with Gasteiger partial charge in [0.2, 0.25) is 0 Å². The monoisotopic (exact) mass is 287 g/mol. The fourth-order valence-electron chi connectivity index (χ4n) is 1.61. The molecule has 0 fully saturated rings. The van der Waals surface area contributed by atoms with Gasteiger partial charge in [-0.25, -0.2) is 0 Å². The molecule has 2 rings (SSSR count). The molecular weight excluding hydrogens is 270 g/mol. The van der Waals surface area contributed by atoms with Crippen molar-refractivity contribution in [3.63, 3.8) is 0 Å². The number of nitrogens with zero attached hydrogens (tertiary/aromatic N) is 1. The number of anilines is 1. The third-order valence-corrected chi connectivity index (χ3v) is 2.76. The van der Waals surface area contributed by atoms with E-state index in [1.54, 1.807) is 12.4 Å². The number of rotatable bonds is 5. The second-order valence-electron chi connectivity index (χ2n) is 4.37. The van der Waals surface area contributed by atoms with Gasteiger partial charge < -0.3 is 15.4 Å². The van der Waals surface area contributed by atoms with Crippen LogP contribution in [0.4, 0.5) is 5.69 Å². The lowest BCUT2D eigenvalue weighted by molar-refractivity contribution is 0.287. The van der Waals surface area contributed by atoms with E-state index >= 15 is 0 Å². The Balaban J connectivity index is 1.74. The highest BCUT2D eigenvalue weighted by atomic mass is 32.1. The maximum absolute atomic E-state index is 5.66. The number of ether oxygens (including phenoxy) is 1. The average molecular weight is 287 g/mol. The second-order valence-corrected chi connectivity index (χ2v) is 4.77. The van der Waals surface area contributed by atoms with Gasteiger partial charge in [0.15, 0.2) is 5.11 Å². The van der Waals surface area contributed by atoms with Crippen LogP contribution in [-0.2, 0) is 0 Å². The first-order valence-electron chi connectivity index (χ1n) is 6.39. The second kappa shape index (κ2) is 7.45. The number of hydrogen-bond acceptors (Lipinski definition) is 3. The van der Waals surface area contributed by atoms with Crippen LogP contribution in [0.1, 0.15) is 6.92 Å². The number of para-hydroxylation sites is 1. The lowest BCUT2D eigenvalue weighted by atomic mass is 10.3. The zero-order valence-corrected chi connectivity index (χ0v) is 12.1. The van der Waals surface area contributed by atoms with Crippen molar-refractivity contribution in [1.82, 2.24) is 10.3 Å². The number of benzene rings is 1. The summed E-state index contributed by atoms with van der Waals surface area (Å²) in [5, 5.41) is 6.80. The predicted molar refractivity (Wildman–Crippen MR) is 85.0 cm³/mol. The van der Waals surface area contributed by atoms with E-state index in [0.29, 0.717) is 11.7 Å². The van der Waals surface area contributed by atoms with E-state index in [1.165, 1.54) is 0 Å². The maximum atomic E-state index is 5.66. The largest absolute Gasteiger partial charge is 0.491 e. The Bertz CT molecular complexity index is 533. The molecule has 0 amide bonds. The number of hydrogen-bond donors (Lipinski definition) is 2. The van der Waals surface area contributed by atoms with Crippen molar-refractivity contribution in [3.8, 4) is 5.75 Å². The van der Waals surface area contributed by atoms with Gasteiger partial charge in [0.25, 0.3) is 0 Å². The first kappa shape index (κ1) is 14.3. The summed E-state index contributed by atoms with van der Waals surface area (Å²) in [6, 6.07) is 13.6. The van der Waals surface area contributed by atoms with Crippen LogP contribution in [0.5, 0.6) is 5.75 Å². The third-order valence-electron chi connectivity index (χ3n) is 2.54. The van der Waals surface area contributed by atoms with Crippen LogP contribution in [0.15, 0.2) is 54.9 Å². The lowest BCUT2D eigenvalue weighted by Crippen LogP contribution is -2.39. The van der Waals surface area contributed by atoms with E-state index in [-0.39, 0.29) is 6.04 Å². The Morgan fingerprint density at radius 1 is 1.25 bits per heavy atom. The molecule has 4 nitrogen and oxygen atoms in total. The highest BCUT2D eigenvalue weighted by Crippen LogP contribution is 2.08. The molecule has 0 saturated carbocycles. The van der Waals surface area contributed by atoms with Gasteiger partial charge in [-0.2, -0.15) is 0 Å². The summed E-state index contributed by atoms with van der Waals surface area (Å²) < 4.78 is 5.66. The fraction of sp³-hybridized carbons (Fsp3) is 0.200. The highest BCUT2D eigenvalue weighted by Gasteiger charge is 2.05. The van der Waals surface area contributed by atoms with E-state index in [9.17, 15) is 0 Å². The summed E-state index contributed by atoms with van der Waals surface area (Å²) in [6.07, 6.45) is 3.44. The van der Waals surface area contributed by atoms with Gasteiger partial charge >= 0.3 is 0 Å². The zero-order valence-electron chi connectivity index (χ0n) is 11.2. The molecule has 1 unspecified atom stereocenters. The smallest absolute Gasteiger partial charge is 0.171 e. The molecular formula is C15H17N3OS. The first-order chi connectivity index (χ1) is 9.74. The first-order valence-corrected chi connectivity index (χ1v) is 6.80. The highest BCUT2D eigenvalue weighted by molar-refractivity contribution is 7.80. The normalized spacial score (nSPS) is 11.4. The van der Waals surface area contributed by atoms with Crippen molar-refractivity contribution >= 4 is 23.0 Å². The van der Waals surface area contributed by atoms with E-state index in [4.69, 9.17) is 17.0 Å². The van der Waals surface area contributed by atoms with Crippen LogP contribution >= 0.6 is 12.2 Å². The maximum Gasteiger partial charge on any atom is 0.171 e. The van der Waals surface area contributed by atoms with Crippen LogP contribution in [-0.4, -0.2) is 22.7 Å². The number of aromatic nitrogens is 1. The van der Waals surface area contributed by atoms with Gasteiger partial charge in [-0.05, 0) is 43.4 Å². The lowest BCUT2D eigenvalue weighted by Gasteiger charge is -2.17. The summed E-state index contributed by atoms with van der Waals surface area (Å²) in [5.74, 6) is 0.854. The Morgan fingerprint density at radius 3 is 2.75 bits per heavy atom. The minimum atomic E-state index is 0.104. The summed E-state index contributed by atoms with van der Waals surface area (Å²) in [6.45, 7) is 2.55. The van der Waals surface area contributed by atoms with Gasteiger partial charge in [0.05, 0.1) is 17.9 Å². The van der Waals surface area contributed by atoms with Crippen molar-refractivity contribution in [1.29, 1.82) is 0 Å². The van der Waals surface area contributed by atoms with Crippen LogP contribution in [0.25, 0.3) is 0 Å². The van der Waals surface area contributed by atoms with E-state index in [0.717, 1.165) is 11.4 Å². The van der Waals surface area contributed by atoms with Crippen molar-refractivity contribution in [2.45, 2.75) is 13.0 Å². The quantitative estimate of drug-likeness (QED) is 0.828. The van der Waals surface area contributed by atoms with Gasteiger partial charge in [0, 0.05) is 6.20 Å². The molecule has 0 spiro atoms. The molecule has 2 aromatic rings. The molecule has 1 aromatic heterocycles. The molecule has 104 valence electrons. The summed E-state index contributed by atoms with van der Waals surface area (Å²) in [5.41, 5.74) is 0.862. The number of thiocarbonyl (C=S) groups is 1. The number of pyridine rings is 1. The van der Waals surface area contributed by atoms with E-state index in [2.05, 4.69) is 15.6 Å². The SMILES string of the molecule is CC(COc1ccccc1)NC(=S)Nc1cccnc1. The molecule has 5 heteroatoms. The Kier molecular flexibility index (Phi) is 5.32. The molecule has 0 aliphatic rings. The molecule has 2 N–H and O–H groups in total. The molecule has 1 heterocycles. The van der Waals surface area contributed by atoms with Crippen LogP contribution in [0.3, 0.4) is 0 Å². The Labute approximate surface area is 124 Å². The molecule has 1 atom stereocenters. The molecule has 20 heavy (non-hydrogen) atoms. The van der Waals surface area contributed by atoms with Crippen LogP contribution in [0.2, 0.25) is 0 Å². The topological polar surface area (TPSA) is 46.2 Å².